The third kappa shape index (κ3) is 4.02. The normalized spacial score (nSPS) is 10.4. The number of hydrogen-bond acceptors (Lipinski definition) is 4. The minimum absolute atomic E-state index is 0.179. The highest BCUT2D eigenvalue weighted by atomic mass is 79.9. The number of nitrogens with one attached hydrogen (secondary N) is 2. The van der Waals surface area contributed by atoms with Gasteiger partial charge < -0.3 is 15.1 Å². The standard InChI is InChI=1S/C18H16BrN3O2/c1-12-4-5-14(10-16(12)19)22-17-9-13(6-7-20-17)18(23)21-11-15-3-2-8-24-15/h2-10H,11H2,1H3,(H,20,22)(H,21,23). The van der Waals surface area contributed by atoms with Crippen LogP contribution in [0.5, 0.6) is 0 Å². The zero-order chi connectivity index (χ0) is 16.9. The maximum atomic E-state index is 12.2. The number of anilines is 2. The molecule has 1 amide bonds. The molecular weight excluding hydrogens is 370 g/mol. The van der Waals surface area contributed by atoms with Crippen LogP contribution < -0.4 is 10.6 Å². The minimum atomic E-state index is -0.179. The molecule has 0 aliphatic rings. The van der Waals surface area contributed by atoms with Gasteiger partial charge in [0.25, 0.3) is 5.91 Å². The van der Waals surface area contributed by atoms with Crippen molar-refractivity contribution in [2.24, 2.45) is 0 Å². The summed E-state index contributed by atoms with van der Waals surface area (Å²) in [5, 5.41) is 6.01. The van der Waals surface area contributed by atoms with Gasteiger partial charge in [0.05, 0.1) is 12.8 Å². The van der Waals surface area contributed by atoms with Crippen LogP contribution in [0.2, 0.25) is 0 Å². The largest absolute Gasteiger partial charge is 0.467 e. The highest BCUT2D eigenvalue weighted by Crippen LogP contribution is 2.23. The maximum Gasteiger partial charge on any atom is 0.251 e. The van der Waals surface area contributed by atoms with Crippen molar-refractivity contribution in [2.75, 3.05) is 5.32 Å². The van der Waals surface area contributed by atoms with E-state index in [0.717, 1.165) is 15.7 Å². The summed E-state index contributed by atoms with van der Waals surface area (Å²) in [6, 6.07) is 12.9. The van der Waals surface area contributed by atoms with Crippen molar-refractivity contribution < 1.29 is 9.21 Å². The zero-order valence-corrected chi connectivity index (χ0v) is 14.6. The fourth-order valence-electron chi connectivity index (χ4n) is 2.14. The van der Waals surface area contributed by atoms with Crippen molar-refractivity contribution in [2.45, 2.75) is 13.5 Å². The van der Waals surface area contributed by atoms with Gasteiger partial charge in [-0.25, -0.2) is 4.98 Å². The molecule has 0 saturated heterocycles. The van der Waals surface area contributed by atoms with Crippen molar-refractivity contribution in [1.82, 2.24) is 10.3 Å². The van der Waals surface area contributed by atoms with Crippen molar-refractivity contribution in [3.8, 4) is 0 Å². The predicted molar refractivity (Wildman–Crippen MR) is 96.3 cm³/mol. The number of pyridine rings is 1. The second-order valence-corrected chi connectivity index (χ2v) is 6.14. The second kappa shape index (κ2) is 7.31. The minimum Gasteiger partial charge on any atom is -0.467 e. The lowest BCUT2D eigenvalue weighted by Crippen LogP contribution is -2.22. The van der Waals surface area contributed by atoms with E-state index in [2.05, 4.69) is 31.5 Å². The number of aromatic nitrogens is 1. The second-order valence-electron chi connectivity index (χ2n) is 5.28. The summed E-state index contributed by atoms with van der Waals surface area (Å²) in [4.78, 5) is 16.5. The molecule has 122 valence electrons. The van der Waals surface area contributed by atoms with Crippen LogP contribution in [0.3, 0.4) is 0 Å². The first-order chi connectivity index (χ1) is 11.6. The lowest BCUT2D eigenvalue weighted by atomic mass is 10.2. The molecule has 0 fully saturated rings. The molecule has 2 N–H and O–H groups in total. The van der Waals surface area contributed by atoms with Gasteiger partial charge in [-0.2, -0.15) is 0 Å². The third-order valence-corrected chi connectivity index (χ3v) is 4.32. The number of halogens is 1. The van der Waals surface area contributed by atoms with Crippen molar-refractivity contribution in [1.29, 1.82) is 0 Å². The van der Waals surface area contributed by atoms with Crippen LogP contribution in [0, 0.1) is 6.92 Å². The summed E-state index contributed by atoms with van der Waals surface area (Å²) in [5.74, 6) is 1.14. The van der Waals surface area contributed by atoms with Crippen LogP contribution in [-0.4, -0.2) is 10.9 Å². The molecule has 5 nitrogen and oxygen atoms in total. The summed E-state index contributed by atoms with van der Waals surface area (Å²) in [6.07, 6.45) is 3.18. The van der Waals surface area contributed by atoms with Crippen molar-refractivity contribution in [3.05, 3.63) is 76.3 Å². The van der Waals surface area contributed by atoms with Gasteiger partial charge in [-0.05, 0) is 48.9 Å². The first-order valence-electron chi connectivity index (χ1n) is 7.41. The van der Waals surface area contributed by atoms with Gasteiger partial charge in [0.15, 0.2) is 0 Å². The molecule has 0 unspecified atom stereocenters. The highest BCUT2D eigenvalue weighted by Gasteiger charge is 2.08. The highest BCUT2D eigenvalue weighted by molar-refractivity contribution is 9.10. The van der Waals surface area contributed by atoms with Gasteiger partial charge in [0.1, 0.15) is 11.6 Å². The summed E-state index contributed by atoms with van der Waals surface area (Å²) in [6.45, 7) is 2.37. The van der Waals surface area contributed by atoms with E-state index < -0.39 is 0 Å². The Morgan fingerprint density at radius 2 is 2.12 bits per heavy atom. The van der Waals surface area contributed by atoms with E-state index >= 15 is 0 Å². The van der Waals surface area contributed by atoms with Crippen LogP contribution in [0.15, 0.2) is 63.8 Å². The van der Waals surface area contributed by atoms with E-state index in [0.29, 0.717) is 23.7 Å². The number of hydrogen-bond donors (Lipinski definition) is 2. The Labute approximate surface area is 148 Å². The number of aryl methyl sites for hydroxylation is 1. The Balaban J connectivity index is 1.68. The topological polar surface area (TPSA) is 67.2 Å². The molecule has 2 heterocycles. The number of carbonyl (C=O) groups is 1. The number of amides is 1. The predicted octanol–water partition coefficient (Wildman–Crippen LogP) is 4.42. The van der Waals surface area contributed by atoms with Gasteiger partial charge in [-0.3, -0.25) is 4.79 Å². The van der Waals surface area contributed by atoms with Crippen molar-refractivity contribution in [3.63, 3.8) is 0 Å². The molecule has 0 aliphatic carbocycles. The number of nitrogens with zero attached hydrogens (tertiary/aromatic N) is 1. The Hall–Kier alpha value is -2.60. The van der Waals surface area contributed by atoms with Gasteiger partial charge >= 0.3 is 0 Å². The van der Waals surface area contributed by atoms with Crippen LogP contribution in [0.25, 0.3) is 0 Å². The molecule has 1 aromatic carbocycles. The third-order valence-electron chi connectivity index (χ3n) is 3.47. The number of carbonyl (C=O) groups excluding carboxylic acids is 1. The molecule has 0 radical (unpaired) electrons. The molecule has 2 aromatic heterocycles. The average Bonchev–Trinajstić information content (AvgIpc) is 3.10. The molecule has 0 atom stereocenters. The van der Waals surface area contributed by atoms with Gasteiger partial charge in [0, 0.05) is 21.9 Å². The molecule has 3 aromatic rings. The van der Waals surface area contributed by atoms with Gasteiger partial charge in [0.2, 0.25) is 0 Å². The Kier molecular flexibility index (Phi) is 4.96. The summed E-state index contributed by atoms with van der Waals surface area (Å²) in [5.41, 5.74) is 2.58. The Morgan fingerprint density at radius 3 is 2.88 bits per heavy atom. The summed E-state index contributed by atoms with van der Waals surface area (Å²) >= 11 is 3.50. The summed E-state index contributed by atoms with van der Waals surface area (Å²) in [7, 11) is 0. The number of rotatable bonds is 5. The van der Waals surface area contributed by atoms with E-state index in [1.807, 2.05) is 31.2 Å². The smallest absolute Gasteiger partial charge is 0.251 e. The van der Waals surface area contributed by atoms with Crippen LogP contribution in [0.1, 0.15) is 21.7 Å². The number of benzene rings is 1. The van der Waals surface area contributed by atoms with E-state index in [-0.39, 0.29) is 5.91 Å². The molecule has 6 heteroatoms. The SMILES string of the molecule is Cc1ccc(Nc2cc(C(=O)NCc3ccco3)ccn2)cc1Br. The fraction of sp³-hybridized carbons (Fsp3) is 0.111. The Morgan fingerprint density at radius 1 is 1.25 bits per heavy atom. The molecular formula is C18H16BrN3O2. The van der Waals surface area contributed by atoms with Crippen LogP contribution >= 0.6 is 15.9 Å². The Bertz CT molecular complexity index is 847. The molecule has 0 bridgehead atoms. The van der Waals surface area contributed by atoms with Crippen molar-refractivity contribution >= 4 is 33.3 Å². The average molecular weight is 386 g/mol. The van der Waals surface area contributed by atoms with E-state index in [1.165, 1.54) is 0 Å². The fourth-order valence-corrected chi connectivity index (χ4v) is 2.52. The molecule has 3 rings (SSSR count). The van der Waals surface area contributed by atoms with Gasteiger partial charge in [-0.1, -0.05) is 22.0 Å². The molecule has 24 heavy (non-hydrogen) atoms. The van der Waals surface area contributed by atoms with E-state index in [9.17, 15) is 4.79 Å². The monoisotopic (exact) mass is 385 g/mol. The lowest BCUT2D eigenvalue weighted by molar-refractivity contribution is 0.0948. The molecule has 0 spiro atoms. The first kappa shape index (κ1) is 16.3. The van der Waals surface area contributed by atoms with Gasteiger partial charge in [-0.15, -0.1) is 0 Å². The van der Waals surface area contributed by atoms with E-state index in [4.69, 9.17) is 4.42 Å². The maximum absolute atomic E-state index is 12.2. The zero-order valence-electron chi connectivity index (χ0n) is 13.0. The molecule has 0 aliphatic heterocycles. The summed E-state index contributed by atoms with van der Waals surface area (Å²) < 4.78 is 6.21. The van der Waals surface area contributed by atoms with E-state index in [1.54, 1.807) is 30.7 Å². The quantitative estimate of drug-likeness (QED) is 0.681. The number of furan rings is 1. The lowest BCUT2D eigenvalue weighted by Gasteiger charge is -2.09. The van der Waals surface area contributed by atoms with Crippen LogP contribution in [-0.2, 0) is 6.54 Å². The van der Waals surface area contributed by atoms with Crippen LogP contribution in [0.4, 0.5) is 11.5 Å². The molecule has 0 saturated carbocycles. The first-order valence-corrected chi connectivity index (χ1v) is 8.21.